The zero-order chi connectivity index (χ0) is 17.5. The van der Waals surface area contributed by atoms with E-state index < -0.39 is 29.0 Å². The largest absolute Gasteiger partial charge is 0.433 e. The Kier molecular flexibility index (Phi) is 4.29. The molecule has 1 fully saturated rings. The van der Waals surface area contributed by atoms with Crippen LogP contribution >= 0.6 is 11.3 Å². The van der Waals surface area contributed by atoms with Crippen LogP contribution in [0.4, 0.5) is 17.6 Å². The molecule has 0 saturated carbocycles. The van der Waals surface area contributed by atoms with Crippen molar-refractivity contribution in [1.82, 2.24) is 14.9 Å². The highest BCUT2D eigenvalue weighted by Crippen LogP contribution is 2.35. The van der Waals surface area contributed by atoms with Gasteiger partial charge in [0, 0.05) is 12.7 Å². The number of aromatic nitrogens is 2. The molecule has 0 N–H and O–H groups in total. The lowest BCUT2D eigenvalue weighted by molar-refractivity contribution is -0.141. The fourth-order valence-electron chi connectivity index (χ4n) is 2.76. The zero-order valence-electron chi connectivity index (χ0n) is 12.6. The van der Waals surface area contributed by atoms with Crippen LogP contribution in [0, 0.1) is 12.1 Å². The minimum Gasteiger partial charge on any atom is -0.328 e. The van der Waals surface area contributed by atoms with Crippen molar-refractivity contribution >= 4 is 17.2 Å². The number of carbonyl (C=O) groups is 1. The predicted octanol–water partition coefficient (Wildman–Crippen LogP) is 3.98. The average molecular weight is 359 g/mol. The molecule has 0 radical (unpaired) electrons. The summed E-state index contributed by atoms with van der Waals surface area (Å²) in [5.74, 6) is -0.435. The smallest absolute Gasteiger partial charge is 0.328 e. The van der Waals surface area contributed by atoms with Crippen LogP contribution in [-0.2, 0) is 6.18 Å². The molecule has 24 heavy (non-hydrogen) atoms. The first-order valence-corrected chi connectivity index (χ1v) is 8.06. The second kappa shape index (κ2) is 6.12. The molecule has 1 aliphatic heterocycles. The monoisotopic (exact) mass is 359 g/mol. The summed E-state index contributed by atoms with van der Waals surface area (Å²) in [6.07, 6.45) is -2.43. The van der Waals surface area contributed by atoms with E-state index in [-0.39, 0.29) is 10.7 Å². The standard InChI is InChI=1S/C15H13F4N3OS/c1-8-7-11(16)24-12(8)14(23)22-6-2-3-9(22)13-20-5-4-10(21-13)15(17,18)19/h4-5,7,9H,2-3,6H2,1H3. The highest BCUT2D eigenvalue weighted by molar-refractivity contribution is 7.12. The molecule has 3 heterocycles. The molecule has 9 heteroatoms. The van der Waals surface area contributed by atoms with Crippen LogP contribution in [0.3, 0.4) is 0 Å². The number of halogens is 4. The number of hydrogen-bond acceptors (Lipinski definition) is 4. The van der Waals surface area contributed by atoms with E-state index in [0.29, 0.717) is 24.9 Å². The number of amides is 1. The molecule has 2 aromatic heterocycles. The molecule has 0 bridgehead atoms. The van der Waals surface area contributed by atoms with Gasteiger partial charge in [-0.2, -0.15) is 17.6 Å². The number of aryl methyl sites for hydroxylation is 1. The molecule has 1 unspecified atom stereocenters. The Labute approximate surface area is 139 Å². The molecule has 3 rings (SSSR count). The number of nitrogens with zero attached hydrogens (tertiary/aromatic N) is 3. The number of hydrogen-bond donors (Lipinski definition) is 0. The van der Waals surface area contributed by atoms with Gasteiger partial charge in [-0.1, -0.05) is 0 Å². The first-order valence-electron chi connectivity index (χ1n) is 7.24. The van der Waals surface area contributed by atoms with Gasteiger partial charge in [-0.25, -0.2) is 9.97 Å². The predicted molar refractivity (Wildman–Crippen MR) is 79.1 cm³/mol. The van der Waals surface area contributed by atoms with Crippen LogP contribution in [0.15, 0.2) is 18.3 Å². The van der Waals surface area contributed by atoms with E-state index in [0.717, 1.165) is 23.6 Å². The van der Waals surface area contributed by atoms with Crippen molar-refractivity contribution < 1.29 is 22.4 Å². The number of carbonyl (C=O) groups excluding carboxylic acids is 1. The summed E-state index contributed by atoms with van der Waals surface area (Å²) < 4.78 is 51.8. The molecular formula is C15H13F4N3OS. The molecule has 2 aromatic rings. The summed E-state index contributed by atoms with van der Waals surface area (Å²) in [7, 11) is 0. The molecule has 1 saturated heterocycles. The van der Waals surface area contributed by atoms with Crippen molar-refractivity contribution in [3.8, 4) is 0 Å². The molecule has 4 nitrogen and oxygen atoms in total. The van der Waals surface area contributed by atoms with Crippen LogP contribution in [0.25, 0.3) is 0 Å². The normalized spacial score (nSPS) is 18.2. The molecule has 0 aromatic carbocycles. The second-order valence-electron chi connectivity index (χ2n) is 5.52. The van der Waals surface area contributed by atoms with Crippen LogP contribution in [0.5, 0.6) is 0 Å². The van der Waals surface area contributed by atoms with Gasteiger partial charge in [0.1, 0.15) is 5.69 Å². The van der Waals surface area contributed by atoms with Gasteiger partial charge in [0.05, 0.1) is 10.9 Å². The lowest BCUT2D eigenvalue weighted by Gasteiger charge is -2.23. The minimum absolute atomic E-state index is 0.0367. The van der Waals surface area contributed by atoms with Crippen molar-refractivity contribution in [1.29, 1.82) is 0 Å². The Balaban J connectivity index is 1.91. The lowest BCUT2D eigenvalue weighted by atomic mass is 10.2. The van der Waals surface area contributed by atoms with Gasteiger partial charge in [0.2, 0.25) is 0 Å². The number of likely N-dealkylation sites (tertiary alicyclic amines) is 1. The summed E-state index contributed by atoms with van der Waals surface area (Å²) in [6, 6.07) is 1.43. The topological polar surface area (TPSA) is 46.1 Å². The van der Waals surface area contributed by atoms with Gasteiger partial charge in [-0.15, -0.1) is 11.3 Å². The van der Waals surface area contributed by atoms with Gasteiger partial charge in [-0.3, -0.25) is 4.79 Å². The van der Waals surface area contributed by atoms with Crippen molar-refractivity contribution in [3.05, 3.63) is 45.4 Å². The summed E-state index contributed by atoms with van der Waals surface area (Å²) in [5.41, 5.74) is -0.525. The summed E-state index contributed by atoms with van der Waals surface area (Å²) in [5, 5.41) is -0.470. The third-order valence-corrected chi connectivity index (χ3v) is 4.87. The number of alkyl halides is 3. The average Bonchev–Trinajstić information content (AvgIpc) is 3.12. The molecule has 128 valence electrons. The van der Waals surface area contributed by atoms with Gasteiger partial charge >= 0.3 is 6.18 Å². The van der Waals surface area contributed by atoms with E-state index in [1.54, 1.807) is 6.92 Å². The Morgan fingerprint density at radius 2 is 2.17 bits per heavy atom. The van der Waals surface area contributed by atoms with Gasteiger partial charge in [0.15, 0.2) is 11.0 Å². The maximum absolute atomic E-state index is 13.3. The molecular weight excluding hydrogens is 346 g/mol. The van der Waals surface area contributed by atoms with Crippen LogP contribution in [0.2, 0.25) is 0 Å². The minimum atomic E-state index is -4.57. The fourth-order valence-corrected chi connectivity index (χ4v) is 3.61. The van der Waals surface area contributed by atoms with Crippen molar-refractivity contribution in [2.24, 2.45) is 0 Å². The maximum atomic E-state index is 13.3. The van der Waals surface area contributed by atoms with E-state index in [9.17, 15) is 22.4 Å². The Hall–Kier alpha value is -2.03. The van der Waals surface area contributed by atoms with Crippen molar-refractivity contribution in [2.75, 3.05) is 6.54 Å². The van der Waals surface area contributed by atoms with Crippen molar-refractivity contribution in [2.45, 2.75) is 32.0 Å². The van der Waals surface area contributed by atoms with Crippen LogP contribution in [0.1, 0.15) is 45.6 Å². The highest BCUT2D eigenvalue weighted by Gasteiger charge is 2.37. The van der Waals surface area contributed by atoms with Gasteiger partial charge < -0.3 is 4.90 Å². The number of thiophene rings is 1. The molecule has 1 amide bonds. The molecule has 1 aliphatic rings. The van der Waals surface area contributed by atoms with E-state index >= 15 is 0 Å². The second-order valence-corrected chi connectivity index (χ2v) is 6.52. The molecule has 0 aliphatic carbocycles. The van der Waals surface area contributed by atoms with Gasteiger partial charge in [0.25, 0.3) is 5.91 Å². The summed E-state index contributed by atoms with van der Waals surface area (Å²) >= 11 is 0.735. The van der Waals surface area contributed by atoms with E-state index in [1.807, 2.05) is 0 Å². The fraction of sp³-hybridized carbons (Fsp3) is 0.400. The number of rotatable bonds is 2. The lowest BCUT2D eigenvalue weighted by Crippen LogP contribution is -2.31. The zero-order valence-corrected chi connectivity index (χ0v) is 13.4. The van der Waals surface area contributed by atoms with Gasteiger partial charge in [-0.05, 0) is 37.5 Å². The van der Waals surface area contributed by atoms with Crippen LogP contribution < -0.4 is 0 Å². The SMILES string of the molecule is Cc1cc(F)sc1C(=O)N1CCCC1c1nccc(C(F)(F)F)n1. The van der Waals surface area contributed by atoms with E-state index in [1.165, 1.54) is 11.0 Å². The third kappa shape index (κ3) is 3.12. The maximum Gasteiger partial charge on any atom is 0.433 e. The summed E-state index contributed by atoms with van der Waals surface area (Å²) in [6.45, 7) is 2.00. The van der Waals surface area contributed by atoms with Crippen LogP contribution in [-0.4, -0.2) is 27.3 Å². The first kappa shape index (κ1) is 16.8. The quantitative estimate of drug-likeness (QED) is 0.762. The Morgan fingerprint density at radius 3 is 2.79 bits per heavy atom. The van der Waals surface area contributed by atoms with E-state index in [2.05, 4.69) is 9.97 Å². The Bertz CT molecular complexity index is 774. The Morgan fingerprint density at radius 1 is 1.42 bits per heavy atom. The highest BCUT2D eigenvalue weighted by atomic mass is 32.1. The molecule has 0 spiro atoms. The third-order valence-electron chi connectivity index (χ3n) is 3.86. The summed E-state index contributed by atoms with van der Waals surface area (Å²) in [4.78, 5) is 21.8. The molecule has 1 atom stereocenters. The van der Waals surface area contributed by atoms with E-state index in [4.69, 9.17) is 0 Å². The first-order chi connectivity index (χ1) is 11.3. The van der Waals surface area contributed by atoms with Crippen molar-refractivity contribution in [3.63, 3.8) is 0 Å².